The van der Waals surface area contributed by atoms with Crippen LogP contribution < -0.4 is 0 Å². The molecule has 0 radical (unpaired) electrons. The molecule has 1 atom stereocenters. The van der Waals surface area contributed by atoms with Crippen LogP contribution in [0.4, 0.5) is 0 Å². The molecule has 22 heavy (non-hydrogen) atoms. The van der Waals surface area contributed by atoms with Crippen molar-refractivity contribution in [2.24, 2.45) is 0 Å². The van der Waals surface area contributed by atoms with E-state index in [4.69, 9.17) is 0 Å². The van der Waals surface area contributed by atoms with Gasteiger partial charge in [0.15, 0.2) is 0 Å². The van der Waals surface area contributed by atoms with Gasteiger partial charge in [0.25, 0.3) is 0 Å². The van der Waals surface area contributed by atoms with E-state index in [2.05, 4.69) is 0 Å². The first-order valence-corrected chi connectivity index (χ1v) is 8.14. The van der Waals surface area contributed by atoms with Gasteiger partial charge in [0.05, 0.1) is 0 Å². The molecule has 3 rings (SSSR count). The molecule has 2 heterocycles. The van der Waals surface area contributed by atoms with Gasteiger partial charge in [0.2, 0.25) is 5.91 Å². The number of aliphatic carboxylic acids is 1. The van der Waals surface area contributed by atoms with Gasteiger partial charge in [-0.05, 0) is 29.0 Å². The summed E-state index contributed by atoms with van der Waals surface area (Å²) in [5.41, 5.74) is 2.07. The Morgan fingerprint density at radius 2 is 1.95 bits per heavy atom. The molecule has 0 aliphatic carbocycles. The lowest BCUT2D eigenvalue weighted by atomic mass is 9.93. The van der Waals surface area contributed by atoms with Crippen molar-refractivity contribution >= 4 is 23.2 Å². The first-order chi connectivity index (χ1) is 10.6. The van der Waals surface area contributed by atoms with Gasteiger partial charge < -0.3 is 10.0 Å². The number of amides is 1. The van der Waals surface area contributed by atoms with Crippen molar-refractivity contribution in [3.63, 3.8) is 0 Å². The summed E-state index contributed by atoms with van der Waals surface area (Å²) in [6.07, 6.45) is 1.41. The summed E-state index contributed by atoms with van der Waals surface area (Å²) in [5.74, 6) is -1.02. The molecule has 1 aliphatic heterocycles. The lowest BCUT2D eigenvalue weighted by molar-refractivity contribution is -0.151. The number of hydrogen-bond acceptors (Lipinski definition) is 3. The van der Waals surface area contributed by atoms with Crippen LogP contribution >= 0.6 is 11.3 Å². The fraction of sp³-hybridized carbons (Fsp3) is 0.294. The normalized spacial score (nSPS) is 17.1. The molecular weight excluding hydrogens is 298 g/mol. The zero-order valence-electron chi connectivity index (χ0n) is 12.1. The quantitative estimate of drug-likeness (QED) is 0.944. The van der Waals surface area contributed by atoms with Crippen LogP contribution in [-0.2, 0) is 29.0 Å². The standard InChI is InChI=1S/C17H17NO3S/c19-16(8-7-14-6-3-9-22-14)18-11-13-5-2-1-4-12(13)10-15(18)17(20)21/h1-6,9,15H,7-8,10-11H2,(H,20,21)/t15-/m1/s1. The monoisotopic (exact) mass is 315 g/mol. The van der Waals surface area contributed by atoms with Crippen molar-refractivity contribution in [1.29, 1.82) is 0 Å². The average molecular weight is 315 g/mol. The second-order valence-corrected chi connectivity index (χ2v) is 6.46. The lowest BCUT2D eigenvalue weighted by Crippen LogP contribution is -2.48. The van der Waals surface area contributed by atoms with E-state index in [-0.39, 0.29) is 5.91 Å². The molecule has 1 amide bonds. The maximum atomic E-state index is 12.5. The fourth-order valence-corrected chi connectivity index (χ4v) is 3.54. The first-order valence-electron chi connectivity index (χ1n) is 7.26. The molecule has 0 fully saturated rings. The van der Waals surface area contributed by atoms with Crippen molar-refractivity contribution in [2.45, 2.75) is 31.8 Å². The number of aryl methyl sites for hydroxylation is 1. The molecule has 0 unspecified atom stereocenters. The molecule has 1 aromatic heterocycles. The van der Waals surface area contributed by atoms with Crippen LogP contribution in [0.2, 0.25) is 0 Å². The van der Waals surface area contributed by atoms with Gasteiger partial charge in [-0.1, -0.05) is 30.3 Å². The Morgan fingerprint density at radius 3 is 2.64 bits per heavy atom. The molecule has 5 heteroatoms. The van der Waals surface area contributed by atoms with Gasteiger partial charge in [-0.15, -0.1) is 11.3 Å². The Kier molecular flexibility index (Phi) is 4.24. The minimum atomic E-state index is -0.932. The molecule has 1 aromatic carbocycles. The summed E-state index contributed by atoms with van der Waals surface area (Å²) in [6, 6.07) is 10.9. The highest BCUT2D eigenvalue weighted by Crippen LogP contribution is 2.24. The van der Waals surface area contributed by atoms with Crippen LogP contribution in [0.3, 0.4) is 0 Å². The molecule has 0 bridgehead atoms. The van der Waals surface area contributed by atoms with Crippen LogP contribution in [0.1, 0.15) is 22.4 Å². The summed E-state index contributed by atoms with van der Waals surface area (Å²) in [6.45, 7) is 0.385. The number of carbonyl (C=O) groups excluding carboxylic acids is 1. The van der Waals surface area contributed by atoms with Gasteiger partial charge in [0.1, 0.15) is 6.04 Å². The second-order valence-electron chi connectivity index (χ2n) is 5.43. The average Bonchev–Trinajstić information content (AvgIpc) is 3.04. The smallest absolute Gasteiger partial charge is 0.326 e. The van der Waals surface area contributed by atoms with Crippen LogP contribution in [-0.4, -0.2) is 27.9 Å². The Bertz CT molecular complexity index is 681. The number of carbonyl (C=O) groups is 2. The summed E-state index contributed by atoms with van der Waals surface area (Å²) < 4.78 is 0. The van der Waals surface area contributed by atoms with Crippen molar-refractivity contribution in [2.75, 3.05) is 0 Å². The maximum Gasteiger partial charge on any atom is 0.326 e. The van der Waals surface area contributed by atoms with Crippen molar-refractivity contribution in [3.05, 3.63) is 57.8 Å². The van der Waals surface area contributed by atoms with Crippen LogP contribution in [0.5, 0.6) is 0 Å². The molecule has 0 saturated carbocycles. The summed E-state index contributed by atoms with van der Waals surface area (Å²) in [5, 5.41) is 11.4. The van der Waals surface area contributed by atoms with E-state index in [0.717, 1.165) is 16.0 Å². The largest absolute Gasteiger partial charge is 0.480 e. The fourth-order valence-electron chi connectivity index (χ4n) is 2.83. The van der Waals surface area contributed by atoms with Gasteiger partial charge >= 0.3 is 5.97 Å². The predicted octanol–water partition coefficient (Wildman–Crippen LogP) is 2.72. The van der Waals surface area contributed by atoms with Crippen molar-refractivity contribution < 1.29 is 14.7 Å². The molecule has 0 saturated heterocycles. The third-order valence-electron chi connectivity index (χ3n) is 4.02. The Morgan fingerprint density at radius 1 is 1.18 bits per heavy atom. The highest BCUT2D eigenvalue weighted by atomic mass is 32.1. The predicted molar refractivity (Wildman–Crippen MR) is 84.8 cm³/mol. The Labute approximate surface area is 133 Å². The van der Waals surface area contributed by atoms with E-state index in [1.165, 1.54) is 4.90 Å². The van der Waals surface area contributed by atoms with E-state index >= 15 is 0 Å². The maximum absolute atomic E-state index is 12.5. The minimum absolute atomic E-state index is 0.0877. The zero-order valence-corrected chi connectivity index (χ0v) is 12.9. The third-order valence-corrected chi connectivity index (χ3v) is 4.96. The van der Waals surface area contributed by atoms with Gasteiger partial charge in [0, 0.05) is 24.3 Å². The number of hydrogen-bond donors (Lipinski definition) is 1. The van der Waals surface area contributed by atoms with Crippen LogP contribution in [0, 0.1) is 0 Å². The number of nitrogens with zero attached hydrogens (tertiary/aromatic N) is 1. The Balaban J connectivity index is 1.75. The molecule has 1 aliphatic rings. The van der Waals surface area contributed by atoms with Gasteiger partial charge in [-0.25, -0.2) is 4.79 Å². The highest BCUT2D eigenvalue weighted by molar-refractivity contribution is 7.09. The zero-order chi connectivity index (χ0) is 15.5. The topological polar surface area (TPSA) is 57.6 Å². The minimum Gasteiger partial charge on any atom is -0.480 e. The molecule has 1 N–H and O–H groups in total. The number of rotatable bonds is 4. The number of carboxylic acids is 1. The van der Waals surface area contributed by atoms with Crippen molar-refractivity contribution in [3.8, 4) is 0 Å². The number of fused-ring (bicyclic) bond motifs is 1. The van der Waals surface area contributed by atoms with E-state index in [9.17, 15) is 14.7 Å². The summed E-state index contributed by atoms with van der Waals surface area (Å²) in [7, 11) is 0. The van der Waals surface area contributed by atoms with Crippen molar-refractivity contribution in [1.82, 2.24) is 4.90 Å². The molecule has 114 valence electrons. The van der Waals surface area contributed by atoms with Crippen LogP contribution in [0.15, 0.2) is 41.8 Å². The molecule has 4 nitrogen and oxygen atoms in total. The number of carboxylic acid groups (broad SMARTS) is 1. The number of thiophene rings is 1. The summed E-state index contributed by atoms with van der Waals surface area (Å²) >= 11 is 1.62. The van der Waals surface area contributed by atoms with Gasteiger partial charge in [-0.3, -0.25) is 4.79 Å². The highest BCUT2D eigenvalue weighted by Gasteiger charge is 2.34. The Hall–Kier alpha value is -2.14. The molecule has 0 spiro atoms. The van der Waals surface area contributed by atoms with E-state index in [1.807, 2.05) is 41.8 Å². The third kappa shape index (κ3) is 3.04. The van der Waals surface area contributed by atoms with E-state index in [0.29, 0.717) is 25.8 Å². The molecular formula is C17H17NO3S. The summed E-state index contributed by atoms with van der Waals surface area (Å²) in [4.78, 5) is 26.7. The second kappa shape index (κ2) is 6.32. The number of benzene rings is 1. The lowest BCUT2D eigenvalue weighted by Gasteiger charge is -2.34. The van der Waals surface area contributed by atoms with Crippen LogP contribution in [0.25, 0.3) is 0 Å². The SMILES string of the molecule is O=C(O)[C@H]1Cc2ccccc2CN1C(=O)CCc1cccs1. The first kappa shape index (κ1) is 14.8. The molecule has 2 aromatic rings. The van der Waals surface area contributed by atoms with E-state index in [1.54, 1.807) is 11.3 Å². The van der Waals surface area contributed by atoms with E-state index < -0.39 is 12.0 Å². The van der Waals surface area contributed by atoms with Gasteiger partial charge in [-0.2, -0.15) is 0 Å².